The Morgan fingerprint density at radius 3 is 2.67 bits per heavy atom. The van der Waals surface area contributed by atoms with Gasteiger partial charge in [0.2, 0.25) is 0 Å². The molecular formula is C13H11FN2OS. The lowest BCUT2D eigenvalue weighted by molar-refractivity contribution is 0.0950. The fourth-order valence-corrected chi connectivity index (χ4v) is 1.71. The van der Waals surface area contributed by atoms with E-state index in [1.807, 2.05) is 0 Å². The van der Waals surface area contributed by atoms with Crippen molar-refractivity contribution in [2.24, 2.45) is 0 Å². The molecule has 5 heteroatoms. The molecule has 0 aliphatic rings. The highest BCUT2D eigenvalue weighted by atomic mass is 32.1. The van der Waals surface area contributed by atoms with Crippen LogP contribution in [0.2, 0.25) is 0 Å². The molecule has 2 aromatic rings. The van der Waals surface area contributed by atoms with Gasteiger partial charge >= 0.3 is 0 Å². The molecule has 1 amide bonds. The molecule has 2 rings (SSSR count). The third kappa shape index (κ3) is 3.01. The minimum atomic E-state index is -0.296. The van der Waals surface area contributed by atoms with Crippen molar-refractivity contribution in [2.45, 2.75) is 6.54 Å². The Kier molecular flexibility index (Phi) is 3.84. The molecule has 18 heavy (non-hydrogen) atoms. The molecular weight excluding hydrogens is 251 g/mol. The quantitative estimate of drug-likeness (QED) is 0.835. The van der Waals surface area contributed by atoms with Crippen molar-refractivity contribution in [1.29, 1.82) is 0 Å². The Bertz CT molecular complexity index is 607. The molecule has 0 aliphatic carbocycles. The van der Waals surface area contributed by atoms with Crippen molar-refractivity contribution in [3.63, 3.8) is 0 Å². The van der Waals surface area contributed by atoms with Crippen molar-refractivity contribution in [3.05, 3.63) is 64.2 Å². The van der Waals surface area contributed by atoms with Crippen LogP contribution < -0.4 is 5.32 Å². The lowest BCUT2D eigenvalue weighted by atomic mass is 10.2. The molecule has 0 atom stereocenters. The summed E-state index contributed by atoms with van der Waals surface area (Å²) in [7, 11) is 0. The minimum Gasteiger partial charge on any atom is -0.352 e. The van der Waals surface area contributed by atoms with Gasteiger partial charge in [-0.25, -0.2) is 4.39 Å². The van der Waals surface area contributed by atoms with Gasteiger partial charge in [-0.05, 0) is 29.8 Å². The SMILES string of the molecule is O=C(NCc1ccc(F)cc1)c1ccc[nH]c1=S. The summed E-state index contributed by atoms with van der Waals surface area (Å²) in [5, 5.41) is 2.73. The lowest BCUT2D eigenvalue weighted by Gasteiger charge is -2.05. The van der Waals surface area contributed by atoms with Gasteiger partial charge in [-0.2, -0.15) is 0 Å². The summed E-state index contributed by atoms with van der Waals surface area (Å²) < 4.78 is 13.1. The van der Waals surface area contributed by atoms with Gasteiger partial charge in [0, 0.05) is 12.7 Å². The molecule has 0 unspecified atom stereocenters. The van der Waals surface area contributed by atoms with Crippen molar-refractivity contribution < 1.29 is 9.18 Å². The number of amides is 1. The summed E-state index contributed by atoms with van der Waals surface area (Å²) >= 11 is 5.01. The second kappa shape index (κ2) is 5.55. The van der Waals surface area contributed by atoms with Gasteiger partial charge in [-0.3, -0.25) is 4.79 Å². The van der Waals surface area contributed by atoms with Crippen LogP contribution in [0.5, 0.6) is 0 Å². The van der Waals surface area contributed by atoms with E-state index in [0.29, 0.717) is 16.7 Å². The number of halogens is 1. The van der Waals surface area contributed by atoms with Crippen LogP contribution in [0, 0.1) is 10.5 Å². The summed E-state index contributed by atoms with van der Waals surface area (Å²) in [6.07, 6.45) is 1.67. The molecule has 1 heterocycles. The third-order valence-corrected chi connectivity index (χ3v) is 2.77. The Balaban J connectivity index is 2.03. The zero-order chi connectivity index (χ0) is 13.0. The zero-order valence-electron chi connectivity index (χ0n) is 9.44. The number of hydrogen-bond donors (Lipinski definition) is 2. The smallest absolute Gasteiger partial charge is 0.254 e. The van der Waals surface area contributed by atoms with E-state index in [-0.39, 0.29) is 11.7 Å². The zero-order valence-corrected chi connectivity index (χ0v) is 10.3. The van der Waals surface area contributed by atoms with Crippen LogP contribution in [-0.2, 0) is 6.54 Å². The largest absolute Gasteiger partial charge is 0.352 e. The molecule has 0 aliphatic heterocycles. The molecule has 0 fully saturated rings. The maximum Gasteiger partial charge on any atom is 0.254 e. The van der Waals surface area contributed by atoms with Crippen LogP contribution in [-0.4, -0.2) is 10.9 Å². The van der Waals surface area contributed by atoms with Crippen molar-refractivity contribution in [3.8, 4) is 0 Å². The van der Waals surface area contributed by atoms with E-state index in [1.165, 1.54) is 12.1 Å². The first-order chi connectivity index (χ1) is 8.66. The summed E-state index contributed by atoms with van der Waals surface area (Å²) in [5.74, 6) is -0.545. The highest BCUT2D eigenvalue weighted by Crippen LogP contribution is 2.04. The number of aromatic amines is 1. The molecule has 3 nitrogen and oxygen atoms in total. The van der Waals surface area contributed by atoms with E-state index in [4.69, 9.17) is 12.2 Å². The molecule has 2 N–H and O–H groups in total. The number of benzene rings is 1. The minimum absolute atomic E-state index is 0.249. The Morgan fingerprint density at radius 1 is 1.28 bits per heavy atom. The van der Waals surface area contributed by atoms with Crippen LogP contribution in [0.25, 0.3) is 0 Å². The number of hydrogen-bond acceptors (Lipinski definition) is 2. The first kappa shape index (κ1) is 12.4. The van der Waals surface area contributed by atoms with E-state index in [9.17, 15) is 9.18 Å². The molecule has 92 valence electrons. The van der Waals surface area contributed by atoms with E-state index in [0.717, 1.165) is 5.56 Å². The first-order valence-electron chi connectivity index (χ1n) is 5.37. The Morgan fingerprint density at radius 2 is 2.00 bits per heavy atom. The van der Waals surface area contributed by atoms with Crippen LogP contribution in [0.1, 0.15) is 15.9 Å². The summed E-state index contributed by atoms with van der Waals surface area (Å²) in [6.45, 7) is 0.336. The van der Waals surface area contributed by atoms with E-state index in [1.54, 1.807) is 30.5 Å². The second-order valence-corrected chi connectivity index (χ2v) is 4.13. The van der Waals surface area contributed by atoms with Gasteiger partial charge in [-0.15, -0.1) is 0 Å². The first-order valence-corrected chi connectivity index (χ1v) is 5.78. The fraction of sp³-hybridized carbons (Fsp3) is 0.0769. The predicted molar refractivity (Wildman–Crippen MR) is 69.2 cm³/mol. The summed E-state index contributed by atoms with van der Waals surface area (Å²) in [6, 6.07) is 9.33. The van der Waals surface area contributed by atoms with E-state index >= 15 is 0 Å². The Hall–Kier alpha value is -2.01. The van der Waals surface area contributed by atoms with Gasteiger partial charge in [0.1, 0.15) is 10.5 Å². The van der Waals surface area contributed by atoms with Gasteiger partial charge < -0.3 is 10.3 Å². The van der Waals surface area contributed by atoms with Crippen LogP contribution >= 0.6 is 12.2 Å². The molecule has 0 spiro atoms. The number of pyridine rings is 1. The van der Waals surface area contributed by atoms with Gasteiger partial charge in [0.25, 0.3) is 5.91 Å². The van der Waals surface area contributed by atoms with Crippen LogP contribution in [0.4, 0.5) is 4.39 Å². The van der Waals surface area contributed by atoms with E-state index in [2.05, 4.69) is 10.3 Å². The topological polar surface area (TPSA) is 44.9 Å². The normalized spacial score (nSPS) is 10.1. The molecule has 0 radical (unpaired) electrons. The van der Waals surface area contributed by atoms with Gasteiger partial charge in [0.15, 0.2) is 0 Å². The standard InChI is InChI=1S/C13H11FN2OS/c14-10-5-3-9(4-6-10)8-16-12(17)11-2-1-7-15-13(11)18/h1-7H,8H2,(H,15,18)(H,16,17). The molecule has 0 saturated heterocycles. The highest BCUT2D eigenvalue weighted by molar-refractivity contribution is 7.71. The Labute approximate surface area is 109 Å². The lowest BCUT2D eigenvalue weighted by Crippen LogP contribution is -2.23. The number of nitrogens with one attached hydrogen (secondary N) is 2. The number of H-pyrrole nitrogens is 1. The average Bonchev–Trinajstić information content (AvgIpc) is 2.38. The number of carbonyl (C=O) groups excluding carboxylic acids is 1. The highest BCUT2D eigenvalue weighted by Gasteiger charge is 2.06. The molecule has 0 bridgehead atoms. The number of carbonyl (C=O) groups is 1. The third-order valence-electron chi connectivity index (χ3n) is 2.43. The van der Waals surface area contributed by atoms with Crippen molar-refractivity contribution >= 4 is 18.1 Å². The fourth-order valence-electron chi connectivity index (χ4n) is 1.48. The number of aromatic nitrogens is 1. The van der Waals surface area contributed by atoms with Crippen molar-refractivity contribution in [1.82, 2.24) is 10.3 Å². The van der Waals surface area contributed by atoms with E-state index < -0.39 is 0 Å². The molecule has 1 aromatic heterocycles. The van der Waals surface area contributed by atoms with Gasteiger partial charge in [0.05, 0.1) is 5.56 Å². The second-order valence-electron chi connectivity index (χ2n) is 3.72. The summed E-state index contributed by atoms with van der Waals surface area (Å²) in [4.78, 5) is 14.6. The maximum atomic E-state index is 12.7. The molecule has 0 saturated carbocycles. The maximum absolute atomic E-state index is 12.7. The number of rotatable bonds is 3. The van der Waals surface area contributed by atoms with Crippen LogP contribution in [0.3, 0.4) is 0 Å². The average molecular weight is 262 g/mol. The predicted octanol–water partition coefficient (Wildman–Crippen LogP) is 2.81. The van der Waals surface area contributed by atoms with Crippen molar-refractivity contribution in [2.75, 3.05) is 0 Å². The summed E-state index contributed by atoms with van der Waals surface area (Å²) in [5.41, 5.74) is 1.25. The van der Waals surface area contributed by atoms with Crippen LogP contribution in [0.15, 0.2) is 42.6 Å². The van der Waals surface area contributed by atoms with Gasteiger partial charge in [-0.1, -0.05) is 24.4 Å². The molecule has 1 aromatic carbocycles. The monoisotopic (exact) mass is 262 g/mol.